The van der Waals surface area contributed by atoms with E-state index in [0.29, 0.717) is 12.0 Å². The first-order valence-electron chi connectivity index (χ1n) is 6.02. The maximum Gasteiger partial charge on any atom is 0.174 e. The molecular weight excluding hydrogens is 234 g/mol. The summed E-state index contributed by atoms with van der Waals surface area (Å²) >= 11 is 1.43. The molecule has 92 valence electrons. The van der Waals surface area contributed by atoms with Crippen LogP contribution in [0.15, 0.2) is 6.07 Å². The number of rotatable bonds is 5. The Kier molecular flexibility index (Phi) is 4.07. The van der Waals surface area contributed by atoms with Crippen LogP contribution in [0.1, 0.15) is 44.2 Å². The molecule has 4 heteroatoms. The van der Waals surface area contributed by atoms with Gasteiger partial charge >= 0.3 is 0 Å². The van der Waals surface area contributed by atoms with Gasteiger partial charge in [0.1, 0.15) is 0 Å². The van der Waals surface area contributed by atoms with Crippen LogP contribution in [-0.2, 0) is 0 Å². The third-order valence-corrected chi connectivity index (χ3v) is 4.32. The molecule has 1 aromatic rings. The van der Waals surface area contributed by atoms with Gasteiger partial charge in [0.15, 0.2) is 12.1 Å². The fourth-order valence-corrected chi connectivity index (χ4v) is 3.10. The molecule has 0 unspecified atom stereocenters. The Bertz CT molecular complexity index is 419. The quantitative estimate of drug-likeness (QED) is 0.596. The van der Waals surface area contributed by atoms with Crippen LogP contribution in [0.2, 0.25) is 0 Å². The summed E-state index contributed by atoms with van der Waals surface area (Å²) in [6, 6.07) is 1.72. The maximum atomic E-state index is 12.0. The molecule has 0 radical (unpaired) electrons. The minimum absolute atomic E-state index is 0.165. The van der Waals surface area contributed by atoms with Gasteiger partial charge in [0.25, 0.3) is 0 Å². The first kappa shape index (κ1) is 12.5. The van der Waals surface area contributed by atoms with E-state index in [4.69, 9.17) is 0 Å². The number of aldehydes is 1. The first-order valence-corrected chi connectivity index (χ1v) is 6.83. The van der Waals surface area contributed by atoms with Crippen LogP contribution >= 0.6 is 11.3 Å². The van der Waals surface area contributed by atoms with Crippen LogP contribution in [0.25, 0.3) is 0 Å². The topological polar surface area (TPSA) is 37.4 Å². The highest BCUT2D eigenvalue weighted by molar-refractivity contribution is 7.14. The normalized spacial score (nSPS) is 16.3. The molecule has 0 aliphatic carbocycles. The second-order valence-corrected chi connectivity index (χ2v) is 5.72. The molecule has 1 aromatic heterocycles. The molecule has 2 heterocycles. The van der Waals surface area contributed by atoms with Gasteiger partial charge in [-0.1, -0.05) is 0 Å². The Morgan fingerprint density at radius 3 is 2.76 bits per heavy atom. The van der Waals surface area contributed by atoms with Crippen molar-refractivity contribution < 1.29 is 9.59 Å². The summed E-state index contributed by atoms with van der Waals surface area (Å²) in [4.78, 5) is 26.7. The molecule has 0 aromatic carbocycles. The minimum atomic E-state index is 0.165. The van der Waals surface area contributed by atoms with Crippen molar-refractivity contribution in [1.82, 2.24) is 4.90 Å². The molecular formula is C13H17NO2S. The van der Waals surface area contributed by atoms with Gasteiger partial charge < -0.3 is 4.90 Å². The summed E-state index contributed by atoms with van der Waals surface area (Å²) in [5, 5.41) is 0. The Labute approximate surface area is 105 Å². The van der Waals surface area contributed by atoms with Gasteiger partial charge in [-0.3, -0.25) is 9.59 Å². The molecule has 0 amide bonds. The number of carbonyl (C=O) groups excluding carboxylic acids is 2. The van der Waals surface area contributed by atoms with Crippen LogP contribution in [0.3, 0.4) is 0 Å². The predicted molar refractivity (Wildman–Crippen MR) is 69.1 cm³/mol. The Hall–Kier alpha value is -1.00. The molecule has 3 nitrogen and oxygen atoms in total. The molecule has 17 heavy (non-hydrogen) atoms. The average Bonchev–Trinajstić information content (AvgIpc) is 2.94. The fraction of sp³-hybridized carbons (Fsp3) is 0.538. The van der Waals surface area contributed by atoms with Crippen LogP contribution in [-0.4, -0.2) is 36.6 Å². The van der Waals surface area contributed by atoms with Crippen LogP contribution < -0.4 is 0 Å². The van der Waals surface area contributed by atoms with Crippen molar-refractivity contribution in [3.8, 4) is 0 Å². The third kappa shape index (κ3) is 3.01. The van der Waals surface area contributed by atoms with E-state index in [1.165, 1.54) is 24.2 Å². The summed E-state index contributed by atoms with van der Waals surface area (Å²) < 4.78 is 0. The maximum absolute atomic E-state index is 12.0. The van der Waals surface area contributed by atoms with Gasteiger partial charge in [-0.25, -0.2) is 0 Å². The van der Waals surface area contributed by atoms with E-state index in [2.05, 4.69) is 4.90 Å². The molecule has 1 saturated heterocycles. The third-order valence-electron chi connectivity index (χ3n) is 3.21. The van der Waals surface area contributed by atoms with E-state index in [1.54, 1.807) is 6.07 Å². The predicted octanol–water partition coefficient (Wildman–Crippen LogP) is 2.54. The number of thiophene rings is 1. The number of carbonyl (C=O) groups is 2. The van der Waals surface area contributed by atoms with Gasteiger partial charge in [-0.2, -0.15) is 0 Å². The summed E-state index contributed by atoms with van der Waals surface area (Å²) in [7, 11) is 0. The molecule has 0 bridgehead atoms. The molecule has 1 aliphatic rings. The lowest BCUT2D eigenvalue weighted by Crippen LogP contribution is -2.22. The van der Waals surface area contributed by atoms with Crippen molar-refractivity contribution in [1.29, 1.82) is 0 Å². The standard InChI is InChI=1S/C13H17NO2S/c1-10-11(9-15)8-13(17-10)12(16)4-7-14-5-2-3-6-14/h8-9H,2-7H2,1H3. The Morgan fingerprint density at radius 1 is 1.47 bits per heavy atom. The lowest BCUT2D eigenvalue weighted by Gasteiger charge is -2.12. The molecule has 1 fully saturated rings. The molecule has 1 aliphatic heterocycles. The van der Waals surface area contributed by atoms with Crippen molar-refractivity contribution in [3.63, 3.8) is 0 Å². The molecule has 0 atom stereocenters. The van der Waals surface area contributed by atoms with E-state index in [9.17, 15) is 9.59 Å². The van der Waals surface area contributed by atoms with Crippen LogP contribution in [0.4, 0.5) is 0 Å². The van der Waals surface area contributed by atoms with Crippen molar-refractivity contribution >= 4 is 23.4 Å². The highest BCUT2D eigenvalue weighted by atomic mass is 32.1. The zero-order valence-electron chi connectivity index (χ0n) is 10.1. The monoisotopic (exact) mass is 251 g/mol. The number of ketones is 1. The van der Waals surface area contributed by atoms with Gasteiger partial charge in [0.05, 0.1) is 4.88 Å². The smallest absolute Gasteiger partial charge is 0.174 e. The first-order chi connectivity index (χ1) is 8.20. The lowest BCUT2D eigenvalue weighted by molar-refractivity contribution is 0.0973. The molecule has 2 rings (SSSR count). The van der Waals surface area contributed by atoms with Gasteiger partial charge in [-0.05, 0) is 38.9 Å². The summed E-state index contributed by atoms with van der Waals surface area (Å²) in [5.41, 5.74) is 0.652. The number of hydrogen-bond acceptors (Lipinski definition) is 4. The van der Waals surface area contributed by atoms with Gasteiger partial charge in [0.2, 0.25) is 0 Å². The van der Waals surface area contributed by atoms with E-state index < -0.39 is 0 Å². The van der Waals surface area contributed by atoms with Gasteiger partial charge in [-0.15, -0.1) is 11.3 Å². The Balaban J connectivity index is 1.91. The zero-order chi connectivity index (χ0) is 12.3. The zero-order valence-corrected chi connectivity index (χ0v) is 10.9. The van der Waals surface area contributed by atoms with E-state index >= 15 is 0 Å². The highest BCUT2D eigenvalue weighted by Crippen LogP contribution is 2.21. The van der Waals surface area contributed by atoms with Crippen molar-refractivity contribution in [3.05, 3.63) is 21.4 Å². The summed E-state index contributed by atoms with van der Waals surface area (Å²) in [5.74, 6) is 0.165. The minimum Gasteiger partial charge on any atom is -0.303 e. The Morgan fingerprint density at radius 2 is 2.18 bits per heavy atom. The number of hydrogen-bond donors (Lipinski definition) is 0. The molecule has 0 N–H and O–H groups in total. The second kappa shape index (κ2) is 5.56. The van der Waals surface area contributed by atoms with E-state index in [-0.39, 0.29) is 5.78 Å². The van der Waals surface area contributed by atoms with Crippen LogP contribution in [0, 0.1) is 6.92 Å². The number of nitrogens with zero attached hydrogens (tertiary/aromatic N) is 1. The molecule has 0 saturated carbocycles. The largest absolute Gasteiger partial charge is 0.303 e. The summed E-state index contributed by atoms with van der Waals surface area (Å²) in [6.45, 7) is 4.98. The lowest BCUT2D eigenvalue weighted by atomic mass is 10.2. The average molecular weight is 251 g/mol. The highest BCUT2D eigenvalue weighted by Gasteiger charge is 2.16. The van der Waals surface area contributed by atoms with E-state index in [0.717, 1.165) is 35.7 Å². The van der Waals surface area contributed by atoms with Crippen molar-refractivity contribution in [2.75, 3.05) is 19.6 Å². The SMILES string of the molecule is Cc1sc(C(=O)CCN2CCCC2)cc1C=O. The number of Topliss-reactive ketones (excluding diaryl/α,β-unsaturated/α-hetero) is 1. The van der Waals surface area contributed by atoms with Crippen LogP contribution in [0.5, 0.6) is 0 Å². The van der Waals surface area contributed by atoms with Crippen molar-refractivity contribution in [2.45, 2.75) is 26.2 Å². The summed E-state index contributed by atoms with van der Waals surface area (Å²) in [6.07, 6.45) is 3.89. The number of aryl methyl sites for hydroxylation is 1. The van der Waals surface area contributed by atoms with Gasteiger partial charge in [0, 0.05) is 23.4 Å². The fourth-order valence-electron chi connectivity index (χ4n) is 2.14. The molecule has 0 spiro atoms. The van der Waals surface area contributed by atoms with E-state index in [1.807, 2.05) is 6.92 Å². The van der Waals surface area contributed by atoms with Crippen molar-refractivity contribution in [2.24, 2.45) is 0 Å². The number of likely N-dealkylation sites (tertiary alicyclic amines) is 1. The second-order valence-electron chi connectivity index (χ2n) is 4.46.